The van der Waals surface area contributed by atoms with E-state index < -0.39 is 29.8 Å². The van der Waals surface area contributed by atoms with E-state index in [9.17, 15) is 31.1 Å². The third-order valence-electron chi connectivity index (χ3n) is 6.46. The number of aromatic nitrogens is 2. The van der Waals surface area contributed by atoms with Crippen LogP contribution in [0.25, 0.3) is 10.9 Å². The molecule has 0 aliphatic heterocycles. The molecule has 222 valence electrons. The molecule has 0 spiro atoms. The molecule has 1 saturated carbocycles. The molecule has 1 aromatic heterocycles. The van der Waals surface area contributed by atoms with Crippen LogP contribution in [0.2, 0.25) is 0 Å². The molecule has 41 heavy (non-hydrogen) atoms. The maximum absolute atomic E-state index is 13.2. The van der Waals surface area contributed by atoms with E-state index in [1.807, 2.05) is 43.3 Å². The maximum atomic E-state index is 13.2. The molecule has 8 nitrogen and oxygen atoms in total. The summed E-state index contributed by atoms with van der Waals surface area (Å²) >= 11 is 0. The Labute approximate surface area is 231 Å². The Morgan fingerprint density at radius 2 is 1.51 bits per heavy atom. The summed E-state index contributed by atoms with van der Waals surface area (Å²) in [6.45, 7) is 0.356. The Balaban J connectivity index is 0.000000587. The summed E-state index contributed by atoms with van der Waals surface area (Å²) in [5, 5.41) is 14.3. The summed E-state index contributed by atoms with van der Waals surface area (Å²) in [5.74, 6) is -1.79. The Morgan fingerprint density at radius 1 is 0.927 bits per heavy atom. The normalized spacial score (nSPS) is 17.3. The number of benzene rings is 2. The molecule has 1 fully saturated rings. The summed E-state index contributed by atoms with van der Waals surface area (Å²) in [6.07, 6.45) is -6.20. The summed E-state index contributed by atoms with van der Waals surface area (Å²) in [7, 11) is 3.90. The minimum absolute atomic E-state index is 0.203. The minimum Gasteiger partial charge on any atom is -0.475 e. The number of aliphatic carboxylic acids is 1. The number of nitrogens with one attached hydrogen (secondary N) is 2. The number of rotatable bonds is 6. The monoisotopic (exact) mass is 585 g/mol. The number of fused-ring (bicyclic) bond motifs is 1. The number of amides is 1. The number of halogens is 6. The highest BCUT2D eigenvalue weighted by Crippen LogP contribution is 2.32. The molecule has 14 heteroatoms. The van der Waals surface area contributed by atoms with Crippen molar-refractivity contribution in [3.8, 4) is 0 Å². The molecule has 4 rings (SSSR count). The fourth-order valence-corrected chi connectivity index (χ4v) is 4.42. The highest BCUT2D eigenvalue weighted by atomic mass is 19.4. The lowest BCUT2D eigenvalue weighted by atomic mass is 9.86. The number of nitrogens with zero attached hydrogens (tertiary/aromatic N) is 3. The van der Waals surface area contributed by atoms with Gasteiger partial charge >= 0.3 is 18.3 Å². The van der Waals surface area contributed by atoms with Crippen LogP contribution in [-0.4, -0.2) is 59.8 Å². The Hall–Kier alpha value is -4.10. The first-order valence-corrected chi connectivity index (χ1v) is 12.6. The number of carboxylic acids is 1. The summed E-state index contributed by atoms with van der Waals surface area (Å²) in [5.41, 5.74) is -0.373. The van der Waals surface area contributed by atoms with E-state index in [2.05, 4.69) is 20.6 Å². The van der Waals surface area contributed by atoms with Gasteiger partial charge in [0.1, 0.15) is 5.82 Å². The first kappa shape index (κ1) is 31.4. The molecule has 0 radical (unpaired) electrons. The zero-order valence-corrected chi connectivity index (χ0v) is 22.2. The molecule has 0 atom stereocenters. The summed E-state index contributed by atoms with van der Waals surface area (Å²) in [6, 6.07) is 13.0. The average Bonchev–Trinajstić information content (AvgIpc) is 2.91. The number of anilines is 2. The largest absolute Gasteiger partial charge is 0.490 e. The highest BCUT2D eigenvalue weighted by molar-refractivity contribution is 5.95. The van der Waals surface area contributed by atoms with Crippen molar-refractivity contribution < 1.29 is 41.0 Å². The zero-order valence-electron chi connectivity index (χ0n) is 22.2. The van der Waals surface area contributed by atoms with E-state index in [1.165, 1.54) is 18.2 Å². The van der Waals surface area contributed by atoms with Gasteiger partial charge in [0, 0.05) is 32.1 Å². The van der Waals surface area contributed by atoms with Crippen molar-refractivity contribution in [1.82, 2.24) is 15.3 Å². The lowest BCUT2D eigenvalue weighted by molar-refractivity contribution is -0.192. The van der Waals surface area contributed by atoms with E-state index in [4.69, 9.17) is 9.90 Å². The van der Waals surface area contributed by atoms with E-state index >= 15 is 0 Å². The third-order valence-corrected chi connectivity index (χ3v) is 6.46. The van der Waals surface area contributed by atoms with Gasteiger partial charge in [-0.15, -0.1) is 0 Å². The van der Waals surface area contributed by atoms with Crippen molar-refractivity contribution in [2.45, 2.75) is 44.1 Å². The first-order valence-electron chi connectivity index (χ1n) is 12.6. The van der Waals surface area contributed by atoms with Crippen LogP contribution in [0, 0.1) is 5.92 Å². The SMILES string of the molecule is CN(C)c1nc(NC2CCC(CNC(=O)c3ccccc3C(F)(F)F)CC2)nc2ccccc12.O=C(O)C(F)(F)F. The number of carboxylic acid groups (broad SMARTS) is 1. The van der Waals surface area contributed by atoms with Gasteiger partial charge in [-0.3, -0.25) is 4.79 Å². The number of hydrogen-bond donors (Lipinski definition) is 3. The van der Waals surface area contributed by atoms with Crippen molar-refractivity contribution in [3.05, 3.63) is 59.7 Å². The molecule has 0 bridgehead atoms. The summed E-state index contributed by atoms with van der Waals surface area (Å²) < 4.78 is 71.3. The van der Waals surface area contributed by atoms with Crippen molar-refractivity contribution >= 4 is 34.5 Å². The second-order valence-electron chi connectivity index (χ2n) is 9.70. The predicted molar refractivity (Wildman–Crippen MR) is 141 cm³/mol. The Kier molecular flexibility index (Phi) is 10.00. The quantitative estimate of drug-likeness (QED) is 0.317. The van der Waals surface area contributed by atoms with Crippen molar-refractivity contribution in [3.63, 3.8) is 0 Å². The molecule has 2 aromatic carbocycles. The molecular formula is C27H29F6N5O3. The van der Waals surface area contributed by atoms with Crippen LogP contribution >= 0.6 is 0 Å². The molecule has 3 N–H and O–H groups in total. The van der Waals surface area contributed by atoms with Crippen LogP contribution in [-0.2, 0) is 11.0 Å². The molecule has 0 unspecified atom stereocenters. The van der Waals surface area contributed by atoms with Gasteiger partial charge in [0.2, 0.25) is 5.95 Å². The van der Waals surface area contributed by atoms with Gasteiger partial charge in [-0.25, -0.2) is 9.78 Å². The Bertz CT molecular complexity index is 1360. The number of carbonyl (C=O) groups is 2. The lowest BCUT2D eigenvalue weighted by Crippen LogP contribution is -2.35. The second kappa shape index (κ2) is 13.0. The molecule has 1 aliphatic rings. The van der Waals surface area contributed by atoms with Gasteiger partial charge in [0.15, 0.2) is 0 Å². The van der Waals surface area contributed by atoms with E-state index in [1.54, 1.807) is 0 Å². The zero-order chi connectivity index (χ0) is 30.4. The van der Waals surface area contributed by atoms with Crippen molar-refractivity contribution in [2.75, 3.05) is 30.9 Å². The topological polar surface area (TPSA) is 107 Å². The predicted octanol–water partition coefficient (Wildman–Crippen LogP) is 5.75. The van der Waals surface area contributed by atoms with Crippen LogP contribution in [0.3, 0.4) is 0 Å². The van der Waals surface area contributed by atoms with Crippen LogP contribution in [0.1, 0.15) is 41.6 Å². The van der Waals surface area contributed by atoms with Gasteiger partial charge in [-0.05, 0) is 55.9 Å². The lowest BCUT2D eigenvalue weighted by Gasteiger charge is -2.29. The molecular weight excluding hydrogens is 556 g/mol. The number of hydrogen-bond acceptors (Lipinski definition) is 6. The molecule has 1 heterocycles. The average molecular weight is 586 g/mol. The van der Waals surface area contributed by atoms with Crippen LogP contribution in [0.4, 0.5) is 38.1 Å². The van der Waals surface area contributed by atoms with E-state index in [-0.39, 0.29) is 17.5 Å². The van der Waals surface area contributed by atoms with Gasteiger partial charge in [-0.2, -0.15) is 31.3 Å². The van der Waals surface area contributed by atoms with Gasteiger partial charge in [0.25, 0.3) is 5.91 Å². The minimum atomic E-state index is -5.08. The highest BCUT2D eigenvalue weighted by Gasteiger charge is 2.38. The van der Waals surface area contributed by atoms with E-state index in [0.717, 1.165) is 48.5 Å². The molecule has 1 aliphatic carbocycles. The van der Waals surface area contributed by atoms with Gasteiger partial charge in [-0.1, -0.05) is 24.3 Å². The molecule has 3 aromatic rings. The molecule has 1 amide bonds. The second-order valence-corrected chi connectivity index (χ2v) is 9.70. The fraction of sp³-hybridized carbons (Fsp3) is 0.407. The smallest absolute Gasteiger partial charge is 0.475 e. The fourth-order valence-electron chi connectivity index (χ4n) is 4.42. The standard InChI is InChI=1S/C25H28F3N5O.C2HF3O2/c1-33(2)22-19-8-4-6-10-21(19)31-24(32-22)30-17-13-11-16(12-14-17)15-29-23(34)18-7-3-5-9-20(18)25(26,27)28;3-2(4,5)1(6)7/h3-10,16-17H,11-15H2,1-2H3,(H,29,34)(H,30,31,32);(H,6,7). The Morgan fingerprint density at radius 3 is 2.10 bits per heavy atom. The van der Waals surface area contributed by atoms with Crippen LogP contribution < -0.4 is 15.5 Å². The third kappa shape index (κ3) is 8.69. The van der Waals surface area contributed by atoms with Crippen LogP contribution in [0.15, 0.2) is 48.5 Å². The number of para-hydroxylation sites is 1. The van der Waals surface area contributed by atoms with E-state index in [0.29, 0.717) is 12.5 Å². The first-order chi connectivity index (χ1) is 19.2. The molecule has 0 saturated heterocycles. The van der Waals surface area contributed by atoms with Gasteiger partial charge in [0.05, 0.1) is 16.6 Å². The van der Waals surface area contributed by atoms with Crippen LogP contribution in [0.5, 0.6) is 0 Å². The number of carbonyl (C=O) groups excluding carboxylic acids is 1. The maximum Gasteiger partial charge on any atom is 0.490 e. The van der Waals surface area contributed by atoms with Crippen molar-refractivity contribution in [2.24, 2.45) is 5.92 Å². The number of alkyl halides is 6. The van der Waals surface area contributed by atoms with Gasteiger partial charge < -0.3 is 20.6 Å². The van der Waals surface area contributed by atoms with Crippen molar-refractivity contribution in [1.29, 1.82) is 0 Å². The summed E-state index contributed by atoms with van der Waals surface area (Å²) in [4.78, 5) is 32.6.